The van der Waals surface area contributed by atoms with Crippen molar-refractivity contribution >= 4 is 39.1 Å². The Morgan fingerprint density at radius 3 is 2.20 bits per heavy atom. The Bertz CT molecular complexity index is 890. The molecule has 2 heterocycles. The largest absolute Gasteiger partial charge is 0.271 e. The van der Waals surface area contributed by atoms with Crippen molar-refractivity contribution in [1.29, 1.82) is 0 Å². The van der Waals surface area contributed by atoms with Gasteiger partial charge in [0.05, 0.1) is 11.4 Å². The monoisotopic (exact) mass is 398 g/mol. The fourth-order valence-corrected chi connectivity index (χ4v) is 3.57. The van der Waals surface area contributed by atoms with Crippen LogP contribution in [0.4, 0.5) is 11.4 Å². The smallest absolute Gasteiger partial charge is 0.263 e. The molecule has 0 bridgehead atoms. The third kappa shape index (κ3) is 2.55. The molecule has 2 aromatic rings. The molecule has 6 nitrogen and oxygen atoms in total. The third-order valence-corrected chi connectivity index (χ3v) is 4.87. The van der Waals surface area contributed by atoms with Gasteiger partial charge in [-0.2, -0.15) is 5.11 Å². The minimum atomic E-state index is -0.794. The van der Waals surface area contributed by atoms with Crippen molar-refractivity contribution in [3.8, 4) is 0 Å². The number of anilines is 2. The van der Waals surface area contributed by atoms with Crippen LogP contribution in [0.1, 0.15) is 11.1 Å². The summed E-state index contributed by atoms with van der Waals surface area (Å²) in [6.07, 6.45) is 0. The van der Waals surface area contributed by atoms with E-state index < -0.39 is 12.1 Å². The van der Waals surface area contributed by atoms with Crippen molar-refractivity contribution < 1.29 is 9.59 Å². The summed E-state index contributed by atoms with van der Waals surface area (Å²) in [5.74, 6) is -0.628. The minimum absolute atomic E-state index is 0.298. The molecule has 0 unspecified atom stereocenters. The van der Waals surface area contributed by atoms with Gasteiger partial charge in [0.25, 0.3) is 11.8 Å². The minimum Gasteiger partial charge on any atom is -0.271 e. The lowest BCUT2D eigenvalue weighted by atomic mass is 10.1. The first-order chi connectivity index (χ1) is 12.0. The van der Waals surface area contributed by atoms with Crippen molar-refractivity contribution in [2.24, 2.45) is 10.3 Å². The predicted octanol–water partition coefficient (Wildman–Crippen LogP) is 3.56. The van der Waals surface area contributed by atoms with Gasteiger partial charge in [0.1, 0.15) is 0 Å². The number of halogens is 1. The summed E-state index contributed by atoms with van der Waals surface area (Å²) in [5, 5.41) is 9.64. The lowest BCUT2D eigenvalue weighted by Gasteiger charge is -2.21. The van der Waals surface area contributed by atoms with Crippen molar-refractivity contribution in [2.45, 2.75) is 25.9 Å². The van der Waals surface area contributed by atoms with Gasteiger partial charge in [-0.25, -0.2) is 9.91 Å². The maximum absolute atomic E-state index is 13.0. The second-order valence-electron chi connectivity index (χ2n) is 6.27. The zero-order valence-electron chi connectivity index (χ0n) is 13.7. The van der Waals surface area contributed by atoms with Crippen LogP contribution in [-0.4, -0.2) is 23.9 Å². The molecule has 25 heavy (non-hydrogen) atoms. The van der Waals surface area contributed by atoms with Gasteiger partial charge in [-0.1, -0.05) is 27.2 Å². The number of fused-ring (bicyclic) bond motifs is 1. The number of nitrogens with zero attached hydrogens (tertiary/aromatic N) is 4. The van der Waals surface area contributed by atoms with E-state index in [0.717, 1.165) is 21.3 Å². The first-order valence-electron chi connectivity index (χ1n) is 7.87. The molecular weight excluding hydrogens is 384 g/mol. The van der Waals surface area contributed by atoms with E-state index in [9.17, 15) is 9.59 Å². The number of aryl methyl sites for hydroxylation is 2. The highest BCUT2D eigenvalue weighted by molar-refractivity contribution is 9.10. The number of amides is 2. The summed E-state index contributed by atoms with van der Waals surface area (Å²) in [7, 11) is 0. The standard InChI is InChI=1S/C18H15BrN4O2/c1-10-7-11(2)9-14(8-10)22-17(24)15-16(18(22)25)23(21-20-15)13-5-3-12(19)4-6-13/h3-9,15-16H,1-2H3/t15-,16+/m0/s1. The number of carbonyl (C=O) groups is 2. The van der Waals surface area contributed by atoms with Crippen LogP contribution in [0.3, 0.4) is 0 Å². The van der Waals surface area contributed by atoms with Crippen LogP contribution in [0.15, 0.2) is 57.3 Å². The Hall–Kier alpha value is -2.54. The summed E-state index contributed by atoms with van der Waals surface area (Å²) >= 11 is 3.38. The molecule has 0 spiro atoms. The Morgan fingerprint density at radius 2 is 1.56 bits per heavy atom. The highest BCUT2D eigenvalue weighted by atomic mass is 79.9. The van der Waals surface area contributed by atoms with Crippen LogP contribution in [0, 0.1) is 13.8 Å². The van der Waals surface area contributed by atoms with Gasteiger partial charge in [-0.05, 0) is 61.4 Å². The number of carbonyl (C=O) groups excluding carboxylic acids is 2. The molecule has 0 radical (unpaired) electrons. The SMILES string of the molecule is Cc1cc(C)cc(N2C(=O)[C@H]3N=NN(c4ccc(Br)cc4)[C@H]3C2=O)c1. The van der Waals surface area contributed by atoms with Crippen molar-refractivity contribution in [1.82, 2.24) is 0 Å². The normalized spacial score (nSPS) is 22.0. The number of benzene rings is 2. The molecule has 2 aromatic carbocycles. The van der Waals surface area contributed by atoms with Crippen molar-refractivity contribution in [3.05, 3.63) is 58.1 Å². The number of imide groups is 1. The van der Waals surface area contributed by atoms with E-state index >= 15 is 0 Å². The van der Waals surface area contributed by atoms with Crippen LogP contribution in [0.25, 0.3) is 0 Å². The molecule has 0 saturated carbocycles. The zero-order chi connectivity index (χ0) is 17.7. The van der Waals surface area contributed by atoms with Crippen molar-refractivity contribution in [2.75, 3.05) is 9.91 Å². The maximum Gasteiger partial charge on any atom is 0.263 e. The van der Waals surface area contributed by atoms with E-state index in [0.29, 0.717) is 5.69 Å². The Labute approximate surface area is 153 Å². The summed E-state index contributed by atoms with van der Waals surface area (Å²) in [4.78, 5) is 27.0. The topological polar surface area (TPSA) is 65.3 Å². The summed E-state index contributed by atoms with van der Waals surface area (Å²) in [6.45, 7) is 3.88. The van der Waals surface area contributed by atoms with Crippen LogP contribution < -0.4 is 9.91 Å². The first-order valence-corrected chi connectivity index (χ1v) is 8.67. The highest BCUT2D eigenvalue weighted by Crippen LogP contribution is 2.35. The molecule has 2 amide bonds. The fraction of sp³-hybridized carbons (Fsp3) is 0.222. The Balaban J connectivity index is 1.71. The predicted molar refractivity (Wildman–Crippen MR) is 97.5 cm³/mol. The lowest BCUT2D eigenvalue weighted by Crippen LogP contribution is -2.39. The molecule has 2 atom stereocenters. The number of rotatable bonds is 2. The molecule has 1 saturated heterocycles. The molecule has 7 heteroatoms. The molecule has 126 valence electrons. The van der Waals surface area contributed by atoms with E-state index in [1.54, 1.807) is 0 Å². The van der Waals surface area contributed by atoms with Crippen LogP contribution in [0.5, 0.6) is 0 Å². The zero-order valence-corrected chi connectivity index (χ0v) is 15.3. The van der Waals surface area contributed by atoms with Gasteiger partial charge in [0.2, 0.25) is 0 Å². The summed E-state index contributed by atoms with van der Waals surface area (Å²) in [5.41, 5.74) is 3.31. The van der Waals surface area contributed by atoms with E-state index in [1.807, 2.05) is 56.3 Å². The second kappa shape index (κ2) is 5.77. The average Bonchev–Trinajstić information content (AvgIpc) is 3.08. The van der Waals surface area contributed by atoms with E-state index in [2.05, 4.69) is 26.3 Å². The molecule has 0 aliphatic carbocycles. The Morgan fingerprint density at radius 1 is 0.920 bits per heavy atom. The third-order valence-electron chi connectivity index (χ3n) is 4.34. The number of hydrogen-bond acceptors (Lipinski definition) is 5. The van der Waals surface area contributed by atoms with Gasteiger partial charge in [-0.3, -0.25) is 9.59 Å². The van der Waals surface area contributed by atoms with E-state index in [4.69, 9.17) is 0 Å². The molecular formula is C18H15BrN4O2. The van der Waals surface area contributed by atoms with Gasteiger partial charge in [-0.15, -0.1) is 0 Å². The molecule has 0 aromatic heterocycles. The summed E-state index contributed by atoms with van der Waals surface area (Å²) in [6, 6.07) is 11.6. The maximum atomic E-state index is 13.0. The molecule has 0 N–H and O–H groups in total. The second-order valence-corrected chi connectivity index (χ2v) is 7.19. The summed E-state index contributed by atoms with van der Waals surface area (Å²) < 4.78 is 0.926. The molecule has 1 fully saturated rings. The van der Waals surface area contributed by atoms with Gasteiger partial charge in [0, 0.05) is 4.47 Å². The van der Waals surface area contributed by atoms with E-state index in [-0.39, 0.29) is 11.8 Å². The van der Waals surface area contributed by atoms with Crippen molar-refractivity contribution in [3.63, 3.8) is 0 Å². The van der Waals surface area contributed by atoms with Crippen LogP contribution in [-0.2, 0) is 9.59 Å². The molecule has 4 rings (SSSR count). The number of hydrogen-bond donors (Lipinski definition) is 0. The Kier molecular flexibility index (Phi) is 3.68. The van der Waals surface area contributed by atoms with Gasteiger partial charge < -0.3 is 0 Å². The van der Waals surface area contributed by atoms with Gasteiger partial charge >= 0.3 is 0 Å². The van der Waals surface area contributed by atoms with Crippen LogP contribution >= 0.6 is 15.9 Å². The lowest BCUT2D eigenvalue weighted by molar-refractivity contribution is -0.121. The van der Waals surface area contributed by atoms with Gasteiger partial charge in [0.15, 0.2) is 12.1 Å². The molecule has 2 aliphatic rings. The van der Waals surface area contributed by atoms with E-state index in [1.165, 1.54) is 9.91 Å². The van der Waals surface area contributed by atoms with Crippen LogP contribution in [0.2, 0.25) is 0 Å². The first kappa shape index (κ1) is 16.0. The quantitative estimate of drug-likeness (QED) is 0.726. The average molecular weight is 399 g/mol. The highest BCUT2D eigenvalue weighted by Gasteiger charge is 2.55. The molecule has 2 aliphatic heterocycles. The fourth-order valence-electron chi connectivity index (χ4n) is 3.30.